The van der Waals surface area contributed by atoms with Crippen molar-refractivity contribution in [1.82, 2.24) is 30.2 Å². The molecule has 2 amide bonds. The first-order valence-electron chi connectivity index (χ1n) is 13.4. The van der Waals surface area contributed by atoms with Crippen molar-refractivity contribution >= 4 is 29.7 Å². The van der Waals surface area contributed by atoms with Crippen LogP contribution in [-0.4, -0.2) is 150 Å². The molecule has 228 valence electrons. The first-order valence-corrected chi connectivity index (χ1v) is 13.4. The molecular formula is C26H41N7O8. The number of nitrogens with two attached hydrogens (primary N) is 1. The summed E-state index contributed by atoms with van der Waals surface area (Å²) in [5.41, 5.74) is 6.96. The quantitative estimate of drug-likeness (QED) is 0.133. The highest BCUT2D eigenvalue weighted by molar-refractivity contribution is 5.78. The summed E-state index contributed by atoms with van der Waals surface area (Å²) < 4.78 is 0. The van der Waals surface area contributed by atoms with Crippen molar-refractivity contribution in [3.8, 4) is 0 Å². The number of nitrogens with zero attached hydrogens (tertiary/aromatic N) is 4. The Bertz CT molecular complexity index is 992. The molecule has 0 saturated carbocycles. The number of hydrogen-bond acceptors (Lipinski definition) is 10. The van der Waals surface area contributed by atoms with E-state index in [0.29, 0.717) is 65.4 Å². The number of carbonyl (C=O) groups is 5. The number of hydrogen-bond donors (Lipinski definition) is 6. The molecule has 1 heterocycles. The summed E-state index contributed by atoms with van der Waals surface area (Å²) in [5.74, 6) is -3.70. The number of carboxylic acids is 3. The maximum atomic E-state index is 12.8. The Morgan fingerprint density at radius 1 is 0.610 bits per heavy atom. The summed E-state index contributed by atoms with van der Waals surface area (Å²) >= 11 is 0. The maximum Gasteiger partial charge on any atom is 0.317 e. The molecule has 15 nitrogen and oxygen atoms in total. The van der Waals surface area contributed by atoms with E-state index in [9.17, 15) is 39.3 Å². The van der Waals surface area contributed by atoms with E-state index in [-0.39, 0.29) is 38.6 Å². The number of rotatable bonds is 14. The molecule has 0 spiro atoms. The average Bonchev–Trinajstić information content (AvgIpc) is 2.88. The van der Waals surface area contributed by atoms with Crippen LogP contribution in [0.5, 0.6) is 0 Å². The van der Waals surface area contributed by atoms with Gasteiger partial charge in [0.25, 0.3) is 0 Å². The van der Waals surface area contributed by atoms with E-state index in [0.717, 1.165) is 11.1 Å². The summed E-state index contributed by atoms with van der Waals surface area (Å²) in [6.07, 6.45) is 0. The van der Waals surface area contributed by atoms with Crippen LogP contribution >= 0.6 is 0 Å². The standard InChI is InChI=1S/C26H41N7O8/c27-22(34)15-28-13-20-1-3-21(4-2-20)14-29-23(35)16-30-5-7-31(17-24(36)37)9-11-33(19-26(40)41)12-10-32(8-6-30)18-25(38)39/h1-4,28H,5-19H2,(H2,27,34)(H,29,35)(H,36,37)(H,38,39)(H,40,41). The zero-order chi connectivity index (χ0) is 30.2. The highest BCUT2D eigenvalue weighted by atomic mass is 16.4. The molecule has 1 fully saturated rings. The summed E-state index contributed by atoms with van der Waals surface area (Å²) in [6, 6.07) is 7.52. The zero-order valence-corrected chi connectivity index (χ0v) is 23.2. The lowest BCUT2D eigenvalue weighted by atomic mass is 10.1. The van der Waals surface area contributed by atoms with E-state index in [1.807, 2.05) is 29.2 Å². The largest absolute Gasteiger partial charge is 0.480 e. The van der Waals surface area contributed by atoms with E-state index in [2.05, 4.69) is 10.6 Å². The monoisotopic (exact) mass is 579 g/mol. The van der Waals surface area contributed by atoms with Gasteiger partial charge in [0.05, 0.1) is 32.7 Å². The van der Waals surface area contributed by atoms with Gasteiger partial charge in [-0.2, -0.15) is 0 Å². The number of nitrogens with one attached hydrogen (secondary N) is 2. The molecule has 7 N–H and O–H groups in total. The Morgan fingerprint density at radius 3 is 1.29 bits per heavy atom. The molecule has 15 heteroatoms. The minimum atomic E-state index is -1.02. The van der Waals surface area contributed by atoms with Gasteiger partial charge in [-0.05, 0) is 11.1 Å². The predicted molar refractivity (Wildman–Crippen MR) is 148 cm³/mol. The number of carbonyl (C=O) groups excluding carboxylic acids is 2. The maximum absolute atomic E-state index is 12.8. The van der Waals surface area contributed by atoms with Gasteiger partial charge < -0.3 is 31.7 Å². The van der Waals surface area contributed by atoms with Crippen LogP contribution in [0.1, 0.15) is 11.1 Å². The normalized spacial score (nSPS) is 16.8. The SMILES string of the molecule is NC(=O)CNCc1ccc(CNC(=O)CN2CCN(CC(=O)O)CCN(CC(=O)O)CCN(CC(=O)O)CC2)cc1. The Hall–Kier alpha value is -3.63. The van der Waals surface area contributed by atoms with Crippen LogP contribution in [0, 0.1) is 0 Å². The topological polar surface area (TPSA) is 209 Å². The van der Waals surface area contributed by atoms with Gasteiger partial charge in [0.15, 0.2) is 0 Å². The number of aliphatic carboxylic acids is 3. The van der Waals surface area contributed by atoms with E-state index < -0.39 is 23.8 Å². The second kappa shape index (κ2) is 17.9. The molecule has 0 atom stereocenters. The second-order valence-electron chi connectivity index (χ2n) is 9.95. The van der Waals surface area contributed by atoms with Crippen molar-refractivity contribution in [2.45, 2.75) is 13.1 Å². The van der Waals surface area contributed by atoms with Crippen molar-refractivity contribution in [3.05, 3.63) is 35.4 Å². The number of benzene rings is 1. The fraction of sp³-hybridized carbons (Fsp3) is 0.577. The third-order valence-electron chi connectivity index (χ3n) is 6.51. The lowest BCUT2D eigenvalue weighted by Crippen LogP contribution is -2.49. The molecule has 0 unspecified atom stereocenters. The molecule has 1 aromatic carbocycles. The average molecular weight is 580 g/mol. The molecule has 1 aliphatic heterocycles. The third kappa shape index (κ3) is 15.1. The minimum Gasteiger partial charge on any atom is -0.480 e. The Morgan fingerprint density at radius 2 is 0.951 bits per heavy atom. The van der Waals surface area contributed by atoms with Crippen LogP contribution < -0.4 is 16.4 Å². The fourth-order valence-corrected chi connectivity index (χ4v) is 4.35. The molecule has 1 saturated heterocycles. The van der Waals surface area contributed by atoms with Crippen LogP contribution in [0.4, 0.5) is 0 Å². The molecule has 41 heavy (non-hydrogen) atoms. The highest BCUT2D eigenvalue weighted by Gasteiger charge is 2.21. The van der Waals surface area contributed by atoms with Crippen molar-refractivity contribution in [2.24, 2.45) is 5.73 Å². The van der Waals surface area contributed by atoms with Gasteiger partial charge in [0.2, 0.25) is 11.8 Å². The zero-order valence-electron chi connectivity index (χ0n) is 23.2. The van der Waals surface area contributed by atoms with E-state index in [1.165, 1.54) is 0 Å². The molecule has 1 aromatic rings. The van der Waals surface area contributed by atoms with Crippen molar-refractivity contribution < 1.29 is 39.3 Å². The lowest BCUT2D eigenvalue weighted by molar-refractivity contribution is -0.140. The van der Waals surface area contributed by atoms with Gasteiger partial charge in [-0.15, -0.1) is 0 Å². The molecule has 0 aromatic heterocycles. The lowest BCUT2D eigenvalue weighted by Gasteiger charge is -2.32. The van der Waals surface area contributed by atoms with Crippen LogP contribution in [-0.2, 0) is 37.1 Å². The molecule has 1 aliphatic rings. The summed E-state index contributed by atoms with van der Waals surface area (Å²) in [5, 5.41) is 33.8. The second-order valence-corrected chi connectivity index (χ2v) is 9.95. The van der Waals surface area contributed by atoms with Crippen molar-refractivity contribution in [2.75, 3.05) is 85.1 Å². The van der Waals surface area contributed by atoms with E-state index in [1.54, 1.807) is 14.7 Å². The number of primary amides is 1. The Labute approximate surface area is 238 Å². The van der Waals surface area contributed by atoms with Crippen LogP contribution in [0.15, 0.2) is 24.3 Å². The van der Waals surface area contributed by atoms with Crippen molar-refractivity contribution in [3.63, 3.8) is 0 Å². The highest BCUT2D eigenvalue weighted by Crippen LogP contribution is 2.05. The van der Waals surface area contributed by atoms with Gasteiger partial charge in [-0.25, -0.2) is 0 Å². The fourth-order valence-electron chi connectivity index (χ4n) is 4.35. The van der Waals surface area contributed by atoms with Gasteiger partial charge in [-0.3, -0.25) is 43.6 Å². The smallest absolute Gasteiger partial charge is 0.317 e. The van der Waals surface area contributed by atoms with Gasteiger partial charge in [0, 0.05) is 65.4 Å². The van der Waals surface area contributed by atoms with Gasteiger partial charge >= 0.3 is 17.9 Å². The number of amides is 2. The first kappa shape index (κ1) is 33.6. The molecule has 2 rings (SSSR count). The van der Waals surface area contributed by atoms with E-state index >= 15 is 0 Å². The minimum absolute atomic E-state index is 0.0437. The van der Waals surface area contributed by atoms with Gasteiger partial charge in [-0.1, -0.05) is 24.3 Å². The molecule has 0 radical (unpaired) electrons. The summed E-state index contributed by atoms with van der Waals surface area (Å²) in [4.78, 5) is 64.7. The van der Waals surface area contributed by atoms with Gasteiger partial charge in [0.1, 0.15) is 0 Å². The van der Waals surface area contributed by atoms with Crippen molar-refractivity contribution in [1.29, 1.82) is 0 Å². The Balaban J connectivity index is 2.00. The first-order chi connectivity index (χ1) is 19.5. The third-order valence-corrected chi connectivity index (χ3v) is 6.51. The molecule has 0 bridgehead atoms. The molecular weight excluding hydrogens is 538 g/mol. The predicted octanol–water partition coefficient (Wildman–Crippen LogP) is -2.65. The van der Waals surface area contributed by atoms with Crippen LogP contribution in [0.25, 0.3) is 0 Å². The van der Waals surface area contributed by atoms with Crippen LogP contribution in [0.3, 0.4) is 0 Å². The summed E-state index contributed by atoms with van der Waals surface area (Å²) in [7, 11) is 0. The Kier molecular flexibility index (Phi) is 14.7. The summed E-state index contributed by atoms with van der Waals surface area (Å²) in [6.45, 7) is 2.89. The van der Waals surface area contributed by atoms with Crippen LogP contribution in [0.2, 0.25) is 0 Å². The molecule has 0 aliphatic carbocycles. The van der Waals surface area contributed by atoms with E-state index in [4.69, 9.17) is 5.73 Å². The number of carboxylic acid groups (broad SMARTS) is 3.